The van der Waals surface area contributed by atoms with Crippen LogP contribution in [0.3, 0.4) is 0 Å². The van der Waals surface area contributed by atoms with Gasteiger partial charge in [0, 0.05) is 0 Å². The summed E-state index contributed by atoms with van der Waals surface area (Å²) in [6.45, 7) is 7.66. The van der Waals surface area contributed by atoms with Crippen LogP contribution in [0.1, 0.15) is 33.3 Å². The molecule has 112 valence electrons. The summed E-state index contributed by atoms with van der Waals surface area (Å²) < 4.78 is 19.7. The monoisotopic (exact) mass is 297 g/mol. The summed E-state index contributed by atoms with van der Waals surface area (Å²) in [4.78, 5) is 12.0. The molecule has 1 rings (SSSR count). The van der Waals surface area contributed by atoms with E-state index in [0.717, 1.165) is 5.56 Å². The second-order valence-corrected chi connectivity index (χ2v) is 7.49. The van der Waals surface area contributed by atoms with Gasteiger partial charge in [-0.05, 0) is 39.7 Å². The van der Waals surface area contributed by atoms with Crippen LogP contribution >= 0.6 is 0 Å². The Kier molecular flexibility index (Phi) is 6.36. The van der Waals surface area contributed by atoms with Gasteiger partial charge in [-0.1, -0.05) is 30.3 Å². The number of benzene rings is 1. The molecule has 0 saturated carbocycles. The first-order valence-corrected chi connectivity index (χ1v) is 7.88. The van der Waals surface area contributed by atoms with Crippen molar-refractivity contribution in [1.29, 1.82) is 0 Å². The number of hydrogen-bond donors (Lipinski definition) is 1. The predicted molar refractivity (Wildman–Crippen MR) is 81.6 cm³/mol. The fraction of sp³-hybridized carbons (Fsp3) is 0.533. The van der Waals surface area contributed by atoms with E-state index in [0.29, 0.717) is 13.0 Å². The molecule has 5 heteroatoms. The molecule has 20 heavy (non-hydrogen) atoms. The Labute approximate surface area is 123 Å². The molecule has 0 fully saturated rings. The van der Waals surface area contributed by atoms with Gasteiger partial charge in [0.15, 0.2) is 0 Å². The van der Waals surface area contributed by atoms with Crippen molar-refractivity contribution in [2.24, 2.45) is 0 Å². The summed E-state index contributed by atoms with van der Waals surface area (Å²) in [5.41, 5.74) is 1.00. The molecule has 1 unspecified atom stereocenters. The third kappa shape index (κ3) is 5.43. The van der Waals surface area contributed by atoms with Crippen molar-refractivity contribution < 1.29 is 13.7 Å². The van der Waals surface area contributed by atoms with Crippen LogP contribution in [0.4, 0.5) is 0 Å². The van der Waals surface area contributed by atoms with Gasteiger partial charge < -0.3 is 4.74 Å². The molecular weight excluding hydrogens is 274 g/mol. The molecule has 0 saturated heterocycles. The predicted octanol–water partition coefficient (Wildman–Crippen LogP) is 2.21. The van der Waals surface area contributed by atoms with Crippen LogP contribution < -0.4 is 4.72 Å². The fourth-order valence-electron chi connectivity index (χ4n) is 1.57. The molecule has 0 spiro atoms. The lowest BCUT2D eigenvalue weighted by molar-refractivity contribution is -0.145. The highest BCUT2D eigenvalue weighted by Crippen LogP contribution is 2.12. The normalized spacial score (nSPS) is 14.6. The molecule has 0 heterocycles. The van der Waals surface area contributed by atoms with Gasteiger partial charge in [-0.3, -0.25) is 4.79 Å². The number of hydrogen-bond acceptors (Lipinski definition) is 3. The Balaban J connectivity index is 2.81. The highest BCUT2D eigenvalue weighted by atomic mass is 32.2. The van der Waals surface area contributed by atoms with Crippen molar-refractivity contribution in [2.45, 2.75) is 44.9 Å². The Hall–Kier alpha value is -1.20. The molecule has 0 aromatic heterocycles. The number of carbonyl (C=O) groups excluding carboxylic acids is 1. The number of esters is 1. The van der Waals surface area contributed by atoms with Crippen molar-refractivity contribution in [2.75, 3.05) is 6.61 Å². The van der Waals surface area contributed by atoms with Gasteiger partial charge in [0.1, 0.15) is 6.04 Å². The van der Waals surface area contributed by atoms with Gasteiger partial charge in [-0.25, -0.2) is 8.93 Å². The summed E-state index contributed by atoms with van der Waals surface area (Å²) in [6.07, 6.45) is 0.460. The number of ether oxygens (including phenoxy) is 1. The molecule has 1 aromatic carbocycles. The molecule has 0 aliphatic heterocycles. The van der Waals surface area contributed by atoms with E-state index in [1.807, 2.05) is 51.1 Å². The molecule has 0 aliphatic rings. The van der Waals surface area contributed by atoms with E-state index in [-0.39, 0.29) is 5.97 Å². The van der Waals surface area contributed by atoms with E-state index >= 15 is 0 Å². The Morgan fingerprint density at radius 3 is 2.40 bits per heavy atom. The smallest absolute Gasteiger partial charge is 0.324 e. The molecule has 0 aliphatic carbocycles. The topological polar surface area (TPSA) is 55.4 Å². The summed E-state index contributed by atoms with van der Waals surface area (Å²) in [6, 6.07) is 9.03. The second-order valence-electron chi connectivity index (χ2n) is 5.49. The molecule has 0 amide bonds. The zero-order chi connectivity index (χ0) is 15.2. The van der Waals surface area contributed by atoms with Gasteiger partial charge in [0.05, 0.1) is 22.3 Å². The van der Waals surface area contributed by atoms with E-state index in [9.17, 15) is 9.00 Å². The fourth-order valence-corrected chi connectivity index (χ4v) is 2.36. The minimum Gasteiger partial charge on any atom is -0.465 e. The largest absolute Gasteiger partial charge is 0.465 e. The SMILES string of the molecule is CCOC(=O)C(Cc1ccccc1)N[S@@](=O)C(C)(C)C. The Morgan fingerprint density at radius 1 is 1.30 bits per heavy atom. The molecule has 0 radical (unpaired) electrons. The minimum absolute atomic E-state index is 0.313. The van der Waals surface area contributed by atoms with Crippen LogP contribution in [0.25, 0.3) is 0 Å². The molecule has 1 aromatic rings. The van der Waals surface area contributed by atoms with Gasteiger partial charge >= 0.3 is 5.97 Å². The summed E-state index contributed by atoms with van der Waals surface area (Å²) in [5, 5.41) is 0. The number of nitrogens with one attached hydrogen (secondary N) is 1. The van der Waals surface area contributed by atoms with Crippen molar-refractivity contribution in [3.63, 3.8) is 0 Å². The van der Waals surface area contributed by atoms with Crippen molar-refractivity contribution in [1.82, 2.24) is 4.72 Å². The van der Waals surface area contributed by atoms with Crippen LogP contribution in [-0.2, 0) is 26.9 Å². The zero-order valence-electron chi connectivity index (χ0n) is 12.5. The summed E-state index contributed by atoms with van der Waals surface area (Å²) >= 11 is 0. The third-order valence-corrected chi connectivity index (χ3v) is 4.27. The average molecular weight is 297 g/mol. The van der Waals surface area contributed by atoms with Gasteiger partial charge in [-0.15, -0.1) is 0 Å². The molecular formula is C15H23NO3S. The van der Waals surface area contributed by atoms with E-state index in [2.05, 4.69) is 4.72 Å². The first-order chi connectivity index (χ1) is 9.34. The Bertz CT molecular complexity index is 454. The summed E-state index contributed by atoms with van der Waals surface area (Å²) in [7, 11) is -1.32. The molecule has 4 nitrogen and oxygen atoms in total. The molecule has 0 bridgehead atoms. The average Bonchev–Trinajstić information content (AvgIpc) is 2.38. The van der Waals surface area contributed by atoms with E-state index in [4.69, 9.17) is 4.74 Å². The van der Waals surface area contributed by atoms with Crippen LogP contribution in [0.15, 0.2) is 30.3 Å². The van der Waals surface area contributed by atoms with E-state index < -0.39 is 21.8 Å². The third-order valence-electron chi connectivity index (χ3n) is 2.66. The lowest BCUT2D eigenvalue weighted by Gasteiger charge is -2.23. The van der Waals surface area contributed by atoms with Crippen LogP contribution in [-0.4, -0.2) is 27.6 Å². The molecule has 1 N–H and O–H groups in total. The maximum atomic E-state index is 12.2. The minimum atomic E-state index is -1.32. The maximum Gasteiger partial charge on any atom is 0.324 e. The van der Waals surface area contributed by atoms with E-state index in [1.165, 1.54) is 0 Å². The quantitative estimate of drug-likeness (QED) is 0.819. The molecule has 2 atom stereocenters. The lowest BCUT2D eigenvalue weighted by Crippen LogP contribution is -2.45. The number of rotatable bonds is 6. The highest BCUT2D eigenvalue weighted by molar-refractivity contribution is 7.84. The van der Waals surface area contributed by atoms with Gasteiger partial charge in [-0.2, -0.15) is 0 Å². The van der Waals surface area contributed by atoms with Crippen LogP contribution in [0.2, 0.25) is 0 Å². The standard InChI is InChI=1S/C15H23NO3S/c1-5-19-14(17)13(16-20(18)15(2,3)4)11-12-9-7-6-8-10-12/h6-10,13,16H,5,11H2,1-4H3/t13?,20-/m0/s1. The number of carbonyl (C=O) groups is 1. The summed E-state index contributed by atoms with van der Waals surface area (Å²) in [5.74, 6) is -0.367. The maximum absolute atomic E-state index is 12.2. The van der Waals surface area contributed by atoms with Gasteiger partial charge in [0.25, 0.3) is 0 Å². The van der Waals surface area contributed by atoms with Crippen LogP contribution in [0.5, 0.6) is 0 Å². The van der Waals surface area contributed by atoms with Crippen molar-refractivity contribution in [3.05, 3.63) is 35.9 Å². The lowest BCUT2D eigenvalue weighted by atomic mass is 10.1. The van der Waals surface area contributed by atoms with Crippen LogP contribution in [0, 0.1) is 0 Å². The van der Waals surface area contributed by atoms with Crippen molar-refractivity contribution in [3.8, 4) is 0 Å². The first-order valence-electron chi connectivity index (χ1n) is 6.73. The zero-order valence-corrected chi connectivity index (χ0v) is 13.3. The van der Waals surface area contributed by atoms with Crippen molar-refractivity contribution >= 4 is 17.0 Å². The van der Waals surface area contributed by atoms with E-state index in [1.54, 1.807) is 6.92 Å². The Morgan fingerprint density at radius 2 is 1.90 bits per heavy atom. The second kappa shape index (κ2) is 7.55. The van der Waals surface area contributed by atoms with Gasteiger partial charge in [0.2, 0.25) is 0 Å². The highest BCUT2D eigenvalue weighted by Gasteiger charge is 2.27. The first kappa shape index (κ1) is 16.9.